The Hall–Kier alpha value is -1.70. The van der Waals surface area contributed by atoms with E-state index in [0.717, 1.165) is 6.54 Å². The highest BCUT2D eigenvalue weighted by atomic mass is 32.2. The lowest BCUT2D eigenvalue weighted by Crippen LogP contribution is -2.42. The van der Waals surface area contributed by atoms with Crippen LogP contribution in [0.5, 0.6) is 0 Å². The van der Waals surface area contributed by atoms with E-state index in [-0.39, 0.29) is 17.3 Å². The number of nitrogens with one attached hydrogen (secondary N) is 2. The standard InChI is InChI=1S/C18H29N3O3S/c1-6-11-20-25(23,24)17-9-7-16(8-10-17)18(22)19-12-13-21(14(2)3)15(4)5/h6-10,14-15,20H,1,11-13H2,2-5H3,(H,19,22). The third kappa shape index (κ3) is 6.61. The molecule has 0 aliphatic rings. The van der Waals surface area contributed by atoms with Gasteiger partial charge in [0.15, 0.2) is 0 Å². The molecule has 2 N–H and O–H groups in total. The first-order chi connectivity index (χ1) is 11.7. The largest absolute Gasteiger partial charge is 0.351 e. The Kier molecular flexibility index (Phi) is 8.28. The van der Waals surface area contributed by atoms with E-state index < -0.39 is 10.0 Å². The van der Waals surface area contributed by atoms with Gasteiger partial charge in [-0.05, 0) is 52.0 Å². The smallest absolute Gasteiger partial charge is 0.251 e. The molecule has 0 atom stereocenters. The third-order valence-corrected chi connectivity index (χ3v) is 5.27. The van der Waals surface area contributed by atoms with Gasteiger partial charge in [-0.15, -0.1) is 6.58 Å². The van der Waals surface area contributed by atoms with Crippen LogP contribution in [0.4, 0.5) is 0 Å². The molecule has 25 heavy (non-hydrogen) atoms. The minimum Gasteiger partial charge on any atom is -0.351 e. The van der Waals surface area contributed by atoms with Gasteiger partial charge in [0.05, 0.1) is 4.90 Å². The number of amides is 1. The molecule has 1 aromatic rings. The van der Waals surface area contributed by atoms with Crippen molar-refractivity contribution in [2.45, 2.75) is 44.7 Å². The summed E-state index contributed by atoms with van der Waals surface area (Å²) in [5.41, 5.74) is 0.434. The molecule has 1 amide bonds. The Morgan fingerprint density at radius 2 is 1.72 bits per heavy atom. The molecule has 1 rings (SSSR count). The molecule has 0 saturated heterocycles. The Bertz CT molecular complexity index is 659. The molecule has 1 aromatic carbocycles. The molecule has 7 heteroatoms. The fourth-order valence-corrected chi connectivity index (χ4v) is 3.55. The molecule has 0 spiro atoms. The molecular weight excluding hydrogens is 338 g/mol. The van der Waals surface area contributed by atoms with E-state index in [2.05, 4.69) is 49.2 Å². The predicted molar refractivity (Wildman–Crippen MR) is 101 cm³/mol. The highest BCUT2D eigenvalue weighted by molar-refractivity contribution is 7.89. The Morgan fingerprint density at radius 1 is 1.16 bits per heavy atom. The second-order valence-electron chi connectivity index (χ2n) is 6.35. The molecule has 0 heterocycles. The summed E-state index contributed by atoms with van der Waals surface area (Å²) in [6.07, 6.45) is 1.47. The third-order valence-electron chi connectivity index (χ3n) is 3.83. The lowest BCUT2D eigenvalue weighted by Gasteiger charge is -2.30. The van der Waals surface area contributed by atoms with Crippen LogP contribution >= 0.6 is 0 Å². The van der Waals surface area contributed by atoms with Crippen molar-refractivity contribution in [1.82, 2.24) is 14.9 Å². The minimum absolute atomic E-state index is 0.122. The summed E-state index contributed by atoms with van der Waals surface area (Å²) in [6.45, 7) is 13.4. The van der Waals surface area contributed by atoms with E-state index in [9.17, 15) is 13.2 Å². The van der Waals surface area contributed by atoms with E-state index >= 15 is 0 Å². The lowest BCUT2D eigenvalue weighted by molar-refractivity contribution is 0.0939. The van der Waals surface area contributed by atoms with Crippen LogP contribution < -0.4 is 10.0 Å². The van der Waals surface area contributed by atoms with Crippen molar-refractivity contribution in [1.29, 1.82) is 0 Å². The average molecular weight is 368 g/mol. The van der Waals surface area contributed by atoms with E-state index in [0.29, 0.717) is 24.2 Å². The van der Waals surface area contributed by atoms with Crippen LogP contribution in [0.15, 0.2) is 41.8 Å². The molecular formula is C18H29N3O3S. The molecule has 0 saturated carbocycles. The molecule has 0 bridgehead atoms. The number of rotatable bonds is 10. The fraction of sp³-hybridized carbons (Fsp3) is 0.500. The summed E-state index contributed by atoms with van der Waals surface area (Å²) < 4.78 is 26.4. The van der Waals surface area contributed by atoms with Crippen molar-refractivity contribution < 1.29 is 13.2 Å². The zero-order valence-electron chi connectivity index (χ0n) is 15.5. The summed E-state index contributed by atoms with van der Waals surface area (Å²) in [7, 11) is -3.57. The Labute approximate surface area is 151 Å². The summed E-state index contributed by atoms with van der Waals surface area (Å²) in [5, 5.41) is 2.87. The van der Waals surface area contributed by atoms with Gasteiger partial charge in [0.25, 0.3) is 5.91 Å². The molecule has 0 aliphatic carbocycles. The SMILES string of the molecule is C=CCNS(=O)(=O)c1ccc(C(=O)NCCN(C(C)C)C(C)C)cc1. The van der Waals surface area contributed by atoms with Crippen molar-refractivity contribution in [2.24, 2.45) is 0 Å². The maximum absolute atomic E-state index is 12.2. The van der Waals surface area contributed by atoms with Gasteiger partial charge < -0.3 is 5.32 Å². The normalized spacial score (nSPS) is 12.0. The van der Waals surface area contributed by atoms with Gasteiger partial charge in [-0.3, -0.25) is 9.69 Å². The van der Waals surface area contributed by atoms with Gasteiger partial charge >= 0.3 is 0 Å². The van der Waals surface area contributed by atoms with Gasteiger partial charge in [0.2, 0.25) is 10.0 Å². The Balaban J connectivity index is 2.64. The average Bonchev–Trinajstić information content (AvgIpc) is 2.56. The van der Waals surface area contributed by atoms with Crippen molar-refractivity contribution in [3.8, 4) is 0 Å². The van der Waals surface area contributed by atoms with Crippen LogP contribution in [-0.4, -0.2) is 50.9 Å². The maximum atomic E-state index is 12.2. The van der Waals surface area contributed by atoms with Gasteiger partial charge in [-0.1, -0.05) is 6.08 Å². The number of carbonyl (C=O) groups excluding carboxylic acids is 1. The topological polar surface area (TPSA) is 78.5 Å². The number of benzene rings is 1. The first kappa shape index (κ1) is 21.3. The van der Waals surface area contributed by atoms with E-state index in [4.69, 9.17) is 0 Å². The molecule has 0 aromatic heterocycles. The highest BCUT2D eigenvalue weighted by Gasteiger charge is 2.15. The zero-order valence-corrected chi connectivity index (χ0v) is 16.3. The first-order valence-corrected chi connectivity index (χ1v) is 9.92. The first-order valence-electron chi connectivity index (χ1n) is 8.43. The van der Waals surface area contributed by atoms with Crippen molar-refractivity contribution in [3.63, 3.8) is 0 Å². The quantitative estimate of drug-likeness (QED) is 0.620. The van der Waals surface area contributed by atoms with Gasteiger partial charge in [0, 0.05) is 37.3 Å². The minimum atomic E-state index is -3.57. The molecule has 140 valence electrons. The Morgan fingerprint density at radius 3 is 2.20 bits per heavy atom. The van der Waals surface area contributed by atoms with Crippen LogP contribution in [0.3, 0.4) is 0 Å². The van der Waals surface area contributed by atoms with E-state index in [1.165, 1.54) is 30.3 Å². The number of hydrogen-bond acceptors (Lipinski definition) is 4. The fourth-order valence-electron chi connectivity index (χ4n) is 2.55. The summed E-state index contributed by atoms with van der Waals surface area (Å²) in [4.78, 5) is 14.6. The van der Waals surface area contributed by atoms with Crippen molar-refractivity contribution >= 4 is 15.9 Å². The molecule has 0 fully saturated rings. The van der Waals surface area contributed by atoms with Gasteiger partial charge in [0.1, 0.15) is 0 Å². The number of nitrogens with zero attached hydrogens (tertiary/aromatic N) is 1. The van der Waals surface area contributed by atoms with Crippen LogP contribution in [0.2, 0.25) is 0 Å². The second-order valence-corrected chi connectivity index (χ2v) is 8.11. The second kappa shape index (κ2) is 9.70. The van der Waals surface area contributed by atoms with Crippen LogP contribution in [0, 0.1) is 0 Å². The number of hydrogen-bond donors (Lipinski definition) is 2. The van der Waals surface area contributed by atoms with Crippen molar-refractivity contribution in [3.05, 3.63) is 42.5 Å². The van der Waals surface area contributed by atoms with Gasteiger partial charge in [-0.2, -0.15) is 0 Å². The molecule has 0 unspecified atom stereocenters. The van der Waals surface area contributed by atoms with Crippen LogP contribution in [0.25, 0.3) is 0 Å². The molecule has 0 aliphatic heterocycles. The molecule has 6 nitrogen and oxygen atoms in total. The number of carbonyl (C=O) groups is 1. The number of sulfonamides is 1. The van der Waals surface area contributed by atoms with Crippen LogP contribution in [0.1, 0.15) is 38.1 Å². The van der Waals surface area contributed by atoms with E-state index in [1.807, 2.05) is 0 Å². The van der Waals surface area contributed by atoms with Crippen molar-refractivity contribution in [2.75, 3.05) is 19.6 Å². The van der Waals surface area contributed by atoms with Crippen LogP contribution in [-0.2, 0) is 10.0 Å². The summed E-state index contributed by atoms with van der Waals surface area (Å²) >= 11 is 0. The summed E-state index contributed by atoms with van der Waals surface area (Å²) in [6, 6.07) is 6.69. The summed E-state index contributed by atoms with van der Waals surface area (Å²) in [5.74, 6) is -0.213. The lowest BCUT2D eigenvalue weighted by atomic mass is 10.2. The highest BCUT2D eigenvalue weighted by Crippen LogP contribution is 2.10. The zero-order chi connectivity index (χ0) is 19.0. The van der Waals surface area contributed by atoms with E-state index in [1.54, 1.807) is 0 Å². The maximum Gasteiger partial charge on any atom is 0.251 e. The monoisotopic (exact) mass is 367 g/mol. The predicted octanol–water partition coefficient (Wildman–Crippen LogP) is 2.00. The van der Waals surface area contributed by atoms with Gasteiger partial charge in [-0.25, -0.2) is 13.1 Å². The molecule has 0 radical (unpaired) electrons.